The number of hydrogen-bond donors (Lipinski definition) is 1. The molecule has 2 aliphatic heterocycles. The topological polar surface area (TPSA) is 83.9 Å². The lowest BCUT2D eigenvalue weighted by Gasteiger charge is -2.26. The third-order valence-corrected chi connectivity index (χ3v) is 7.69. The second kappa shape index (κ2) is 8.89. The van der Waals surface area contributed by atoms with E-state index in [0.29, 0.717) is 38.5 Å². The van der Waals surface area contributed by atoms with Gasteiger partial charge in [-0.3, -0.25) is 9.69 Å². The summed E-state index contributed by atoms with van der Waals surface area (Å²) in [5.74, 6) is -0.0973. The van der Waals surface area contributed by atoms with E-state index in [4.69, 9.17) is 4.74 Å². The Balaban J connectivity index is 1.37. The quantitative estimate of drug-likeness (QED) is 0.753. The van der Waals surface area contributed by atoms with Crippen molar-refractivity contribution in [1.82, 2.24) is 13.8 Å². The van der Waals surface area contributed by atoms with Crippen molar-refractivity contribution in [1.29, 1.82) is 0 Å². The van der Waals surface area contributed by atoms with Crippen molar-refractivity contribution >= 4 is 21.6 Å². The Morgan fingerprint density at radius 2 is 1.87 bits per heavy atom. The van der Waals surface area contributed by atoms with Gasteiger partial charge in [0.15, 0.2) is 0 Å². The normalized spacial score (nSPS) is 21.0. The molecular weight excluding hydrogens is 404 g/mol. The minimum absolute atomic E-state index is 0.0973. The van der Waals surface area contributed by atoms with Gasteiger partial charge in [-0.05, 0) is 55.8 Å². The highest BCUT2D eigenvalue weighted by atomic mass is 32.2. The average molecular weight is 433 g/mol. The Morgan fingerprint density at radius 1 is 1.13 bits per heavy atom. The number of carbonyl (C=O) groups is 1. The number of likely N-dealkylation sites (tertiary alicyclic amines) is 1. The Hall–Kier alpha value is -2.20. The summed E-state index contributed by atoms with van der Waals surface area (Å²) in [7, 11) is -1.51. The van der Waals surface area contributed by atoms with Crippen molar-refractivity contribution < 1.29 is 17.9 Å². The molecule has 1 aromatic carbocycles. The zero-order chi connectivity index (χ0) is 21.1. The smallest absolute Gasteiger partial charge is 0.243 e. The highest BCUT2D eigenvalue weighted by Gasteiger charge is 2.29. The fourth-order valence-electron chi connectivity index (χ4n) is 4.20. The molecule has 1 N–H and O–H groups in total. The predicted octanol–water partition coefficient (Wildman–Crippen LogP) is 1.82. The van der Waals surface area contributed by atoms with Crippen LogP contribution in [0.25, 0.3) is 0 Å². The number of sulfonamides is 1. The summed E-state index contributed by atoms with van der Waals surface area (Å²) in [5.41, 5.74) is 1.81. The number of nitrogens with zero attached hydrogens (tertiary/aromatic N) is 3. The molecule has 1 amide bonds. The van der Waals surface area contributed by atoms with Gasteiger partial charge in [-0.2, -0.15) is 4.31 Å². The fourth-order valence-corrected chi connectivity index (χ4v) is 5.61. The van der Waals surface area contributed by atoms with Crippen molar-refractivity contribution in [3.05, 3.63) is 48.3 Å². The van der Waals surface area contributed by atoms with Crippen molar-refractivity contribution in [3.8, 4) is 0 Å². The second-order valence-electron chi connectivity index (χ2n) is 7.76. The molecule has 1 unspecified atom stereocenters. The van der Waals surface area contributed by atoms with E-state index in [0.717, 1.165) is 19.4 Å². The molecule has 2 saturated heterocycles. The number of hydrogen-bond acceptors (Lipinski definition) is 5. The lowest BCUT2D eigenvalue weighted by Crippen LogP contribution is -2.40. The molecule has 0 saturated carbocycles. The van der Waals surface area contributed by atoms with E-state index in [-0.39, 0.29) is 16.8 Å². The van der Waals surface area contributed by atoms with Crippen LogP contribution in [0.3, 0.4) is 0 Å². The van der Waals surface area contributed by atoms with Crippen molar-refractivity contribution in [2.75, 3.05) is 44.7 Å². The number of aryl methyl sites for hydroxylation is 1. The zero-order valence-corrected chi connectivity index (χ0v) is 18.0. The van der Waals surface area contributed by atoms with Gasteiger partial charge in [0.05, 0.1) is 30.7 Å². The van der Waals surface area contributed by atoms with E-state index in [1.165, 1.54) is 10.00 Å². The van der Waals surface area contributed by atoms with Crippen LogP contribution >= 0.6 is 0 Å². The molecule has 8 nitrogen and oxygen atoms in total. The molecule has 162 valence electrons. The molecule has 30 heavy (non-hydrogen) atoms. The van der Waals surface area contributed by atoms with E-state index >= 15 is 0 Å². The average Bonchev–Trinajstić information content (AvgIpc) is 3.37. The van der Waals surface area contributed by atoms with Crippen LogP contribution in [0.2, 0.25) is 0 Å². The maximum absolute atomic E-state index is 12.7. The van der Waals surface area contributed by atoms with Gasteiger partial charge in [0.2, 0.25) is 15.9 Å². The summed E-state index contributed by atoms with van der Waals surface area (Å²) in [6, 6.07) is 10.8. The first kappa shape index (κ1) is 21.0. The van der Waals surface area contributed by atoms with Crippen LogP contribution in [-0.2, 0) is 26.6 Å². The lowest BCUT2D eigenvalue weighted by molar-refractivity contribution is -0.117. The molecular formula is C21H28N4O4S. The molecule has 1 aromatic heterocycles. The van der Waals surface area contributed by atoms with Gasteiger partial charge >= 0.3 is 0 Å². The van der Waals surface area contributed by atoms with Gasteiger partial charge < -0.3 is 14.6 Å². The maximum atomic E-state index is 12.7. The zero-order valence-electron chi connectivity index (χ0n) is 17.2. The molecule has 0 bridgehead atoms. The predicted molar refractivity (Wildman–Crippen MR) is 114 cm³/mol. The summed E-state index contributed by atoms with van der Waals surface area (Å²) in [4.78, 5) is 15.0. The largest absolute Gasteiger partial charge is 0.379 e. The molecule has 9 heteroatoms. The number of aromatic nitrogens is 1. The van der Waals surface area contributed by atoms with Gasteiger partial charge in [-0.15, -0.1) is 0 Å². The summed E-state index contributed by atoms with van der Waals surface area (Å²) in [5, 5.41) is 2.89. The molecule has 2 aromatic rings. The number of carbonyl (C=O) groups excluding carboxylic acids is 1. The number of anilines is 1. The minimum Gasteiger partial charge on any atom is -0.379 e. The summed E-state index contributed by atoms with van der Waals surface area (Å²) >= 11 is 0. The molecule has 2 aliphatic rings. The Morgan fingerprint density at radius 3 is 2.53 bits per heavy atom. The van der Waals surface area contributed by atoms with Gasteiger partial charge in [0.1, 0.15) is 0 Å². The van der Waals surface area contributed by atoms with Crippen LogP contribution in [-0.4, -0.2) is 67.5 Å². The third kappa shape index (κ3) is 4.44. The van der Waals surface area contributed by atoms with Crippen molar-refractivity contribution in [2.45, 2.75) is 23.8 Å². The highest BCUT2D eigenvalue weighted by Crippen LogP contribution is 2.31. The number of benzene rings is 1. The van der Waals surface area contributed by atoms with Crippen LogP contribution in [0.4, 0.5) is 5.69 Å². The molecule has 4 rings (SSSR count). The summed E-state index contributed by atoms with van der Waals surface area (Å²) < 4.78 is 34.2. The minimum atomic E-state index is -3.53. The number of ether oxygens (including phenoxy) is 1. The standard InChI is InChI=1S/C21H28N4O4S/c1-23-10-2-4-19(23)20-5-3-11-24(20)16-21(26)22-17-6-8-18(9-7-17)30(27,28)25-12-14-29-15-13-25/h2,4,6-10,20H,3,5,11-16H2,1H3,(H,22,26). The second-order valence-corrected chi connectivity index (χ2v) is 9.70. The van der Waals surface area contributed by atoms with Crippen molar-refractivity contribution in [2.24, 2.45) is 7.05 Å². The maximum Gasteiger partial charge on any atom is 0.243 e. The van der Waals surface area contributed by atoms with Crippen LogP contribution in [0.5, 0.6) is 0 Å². The Labute approximate surface area is 177 Å². The van der Waals surface area contributed by atoms with E-state index < -0.39 is 10.0 Å². The monoisotopic (exact) mass is 432 g/mol. The first-order valence-corrected chi connectivity index (χ1v) is 11.7. The van der Waals surface area contributed by atoms with E-state index in [1.807, 2.05) is 19.3 Å². The van der Waals surface area contributed by atoms with Crippen molar-refractivity contribution in [3.63, 3.8) is 0 Å². The van der Waals surface area contributed by atoms with E-state index in [2.05, 4.69) is 20.9 Å². The molecule has 1 atom stereocenters. The van der Waals surface area contributed by atoms with Crippen LogP contribution in [0.15, 0.2) is 47.5 Å². The van der Waals surface area contributed by atoms with Gasteiger partial charge in [0, 0.05) is 37.7 Å². The first-order valence-electron chi connectivity index (χ1n) is 10.3. The number of nitrogens with one attached hydrogen (secondary N) is 1. The summed E-state index contributed by atoms with van der Waals surface area (Å²) in [6.07, 6.45) is 4.13. The molecule has 0 aliphatic carbocycles. The number of rotatable bonds is 6. The highest BCUT2D eigenvalue weighted by molar-refractivity contribution is 7.89. The summed E-state index contributed by atoms with van der Waals surface area (Å²) in [6.45, 7) is 2.74. The molecule has 2 fully saturated rings. The molecule has 3 heterocycles. The number of amides is 1. The molecule has 0 radical (unpaired) electrons. The number of morpholine rings is 1. The van der Waals surface area contributed by atoms with Gasteiger partial charge in [0.25, 0.3) is 0 Å². The van der Waals surface area contributed by atoms with Crippen LogP contribution < -0.4 is 5.32 Å². The van der Waals surface area contributed by atoms with E-state index in [9.17, 15) is 13.2 Å². The Bertz CT molecular complexity index is 981. The Kier molecular flexibility index (Phi) is 6.24. The third-order valence-electron chi connectivity index (χ3n) is 5.78. The molecule has 0 spiro atoms. The van der Waals surface area contributed by atoms with Gasteiger partial charge in [-0.1, -0.05) is 0 Å². The van der Waals surface area contributed by atoms with E-state index in [1.54, 1.807) is 24.3 Å². The van der Waals surface area contributed by atoms with Crippen LogP contribution in [0.1, 0.15) is 24.6 Å². The lowest BCUT2D eigenvalue weighted by atomic mass is 10.1. The van der Waals surface area contributed by atoms with Gasteiger partial charge in [-0.25, -0.2) is 8.42 Å². The fraction of sp³-hybridized carbons (Fsp3) is 0.476. The first-order chi connectivity index (χ1) is 14.4. The van der Waals surface area contributed by atoms with Crippen LogP contribution in [0, 0.1) is 0 Å². The SMILES string of the molecule is Cn1cccc1C1CCCN1CC(=O)Nc1ccc(S(=O)(=O)N2CCOCC2)cc1.